The van der Waals surface area contributed by atoms with Crippen LogP contribution in [0.3, 0.4) is 0 Å². The third-order valence-electron chi connectivity index (χ3n) is 4.57. The van der Waals surface area contributed by atoms with Crippen molar-refractivity contribution in [2.45, 2.75) is 12.1 Å². The highest BCUT2D eigenvalue weighted by Crippen LogP contribution is 2.25. The number of piperazine rings is 1. The summed E-state index contributed by atoms with van der Waals surface area (Å²) in [6.07, 6.45) is 2.02. The van der Waals surface area contributed by atoms with Crippen molar-refractivity contribution < 1.29 is 0 Å². The van der Waals surface area contributed by atoms with Gasteiger partial charge in [-0.1, -0.05) is 18.2 Å². The van der Waals surface area contributed by atoms with E-state index >= 15 is 0 Å². The second kappa shape index (κ2) is 6.10. The molecule has 0 amide bonds. The normalized spacial score (nSPS) is 22.5. The molecule has 0 saturated carbocycles. The Hall–Kier alpha value is -1.49. The van der Waals surface area contributed by atoms with E-state index in [2.05, 4.69) is 58.5 Å². The van der Waals surface area contributed by atoms with Gasteiger partial charge in [-0.3, -0.25) is 9.88 Å². The maximum Gasteiger partial charge on any atom is 0.0702 e. The molecule has 1 aliphatic rings. The Bertz CT molecular complexity index is 613. The summed E-state index contributed by atoms with van der Waals surface area (Å²) in [6.45, 7) is 3.33. The van der Waals surface area contributed by atoms with Crippen LogP contribution in [0.5, 0.6) is 0 Å². The van der Waals surface area contributed by atoms with Crippen LogP contribution in [0, 0.1) is 0 Å². The Morgan fingerprint density at radius 1 is 1.24 bits per heavy atom. The Kier molecular flexibility index (Phi) is 4.19. The SMILES string of the molecule is CNC(c1cnc2ccccc2c1)C1CN(C)CCN1C. The van der Waals surface area contributed by atoms with E-state index in [0.717, 1.165) is 25.2 Å². The average Bonchev–Trinajstić information content (AvgIpc) is 2.51. The molecule has 1 N–H and O–H groups in total. The summed E-state index contributed by atoms with van der Waals surface area (Å²) in [4.78, 5) is 9.48. The van der Waals surface area contributed by atoms with Gasteiger partial charge in [0.1, 0.15) is 0 Å². The molecule has 1 aromatic heterocycles. The summed E-state index contributed by atoms with van der Waals surface area (Å²) in [7, 11) is 6.46. The van der Waals surface area contributed by atoms with Crippen LogP contribution in [-0.2, 0) is 0 Å². The van der Waals surface area contributed by atoms with E-state index in [9.17, 15) is 0 Å². The lowest BCUT2D eigenvalue weighted by Crippen LogP contribution is -2.54. The van der Waals surface area contributed by atoms with Gasteiger partial charge in [0.15, 0.2) is 0 Å². The molecular weight excluding hydrogens is 260 g/mol. The maximum atomic E-state index is 4.62. The van der Waals surface area contributed by atoms with Crippen molar-refractivity contribution in [3.05, 3.63) is 42.1 Å². The van der Waals surface area contributed by atoms with Crippen LogP contribution in [0.2, 0.25) is 0 Å². The first kappa shape index (κ1) is 14.4. The summed E-state index contributed by atoms with van der Waals surface area (Å²) in [5.74, 6) is 0. The van der Waals surface area contributed by atoms with Gasteiger partial charge >= 0.3 is 0 Å². The highest BCUT2D eigenvalue weighted by molar-refractivity contribution is 5.78. The number of hydrogen-bond acceptors (Lipinski definition) is 4. The number of aromatic nitrogens is 1. The van der Waals surface area contributed by atoms with Crippen molar-refractivity contribution >= 4 is 10.9 Å². The van der Waals surface area contributed by atoms with Crippen molar-refractivity contribution in [3.63, 3.8) is 0 Å². The zero-order chi connectivity index (χ0) is 14.8. The smallest absolute Gasteiger partial charge is 0.0702 e. The van der Waals surface area contributed by atoms with E-state index in [-0.39, 0.29) is 0 Å². The fourth-order valence-electron chi connectivity index (χ4n) is 3.24. The van der Waals surface area contributed by atoms with E-state index in [1.165, 1.54) is 10.9 Å². The van der Waals surface area contributed by atoms with Crippen molar-refractivity contribution in [2.24, 2.45) is 0 Å². The van der Waals surface area contributed by atoms with Gasteiger partial charge < -0.3 is 10.2 Å². The van der Waals surface area contributed by atoms with E-state index in [0.29, 0.717) is 12.1 Å². The van der Waals surface area contributed by atoms with Gasteiger partial charge in [0, 0.05) is 37.3 Å². The fourth-order valence-corrected chi connectivity index (χ4v) is 3.24. The van der Waals surface area contributed by atoms with Gasteiger partial charge in [0.2, 0.25) is 0 Å². The average molecular weight is 284 g/mol. The third-order valence-corrected chi connectivity index (χ3v) is 4.57. The van der Waals surface area contributed by atoms with Crippen LogP contribution < -0.4 is 5.32 Å². The molecule has 2 heterocycles. The molecule has 21 heavy (non-hydrogen) atoms. The Balaban J connectivity index is 1.93. The number of fused-ring (bicyclic) bond motifs is 1. The maximum absolute atomic E-state index is 4.62. The summed E-state index contributed by atoms with van der Waals surface area (Å²) in [5.41, 5.74) is 2.33. The number of pyridine rings is 1. The monoisotopic (exact) mass is 284 g/mol. The molecule has 1 aromatic carbocycles. The number of benzene rings is 1. The van der Waals surface area contributed by atoms with E-state index in [4.69, 9.17) is 0 Å². The van der Waals surface area contributed by atoms with Gasteiger partial charge in [-0.05, 0) is 38.8 Å². The molecule has 2 atom stereocenters. The minimum Gasteiger partial charge on any atom is -0.312 e. The quantitative estimate of drug-likeness (QED) is 0.930. The standard InChI is InChI=1S/C17H24N4/c1-18-17(16-12-20(2)8-9-21(16)3)14-10-13-6-4-5-7-15(13)19-11-14/h4-7,10-11,16-18H,8-9,12H2,1-3H3. The minimum atomic E-state index is 0.301. The van der Waals surface area contributed by atoms with Gasteiger partial charge in [-0.15, -0.1) is 0 Å². The molecule has 4 nitrogen and oxygen atoms in total. The minimum absolute atomic E-state index is 0.301. The number of likely N-dealkylation sites (N-methyl/N-ethyl adjacent to an activating group) is 3. The van der Waals surface area contributed by atoms with Crippen molar-refractivity contribution in [1.82, 2.24) is 20.1 Å². The highest BCUT2D eigenvalue weighted by Gasteiger charge is 2.30. The summed E-state index contributed by atoms with van der Waals surface area (Å²) in [6, 6.07) is 11.3. The molecule has 112 valence electrons. The largest absolute Gasteiger partial charge is 0.312 e. The number of nitrogens with zero attached hydrogens (tertiary/aromatic N) is 3. The zero-order valence-electron chi connectivity index (χ0n) is 13.1. The Morgan fingerprint density at radius 3 is 2.86 bits per heavy atom. The predicted octanol–water partition coefficient (Wildman–Crippen LogP) is 1.74. The molecular formula is C17H24N4. The number of nitrogens with one attached hydrogen (secondary N) is 1. The van der Waals surface area contributed by atoms with Crippen molar-refractivity contribution in [3.8, 4) is 0 Å². The summed E-state index contributed by atoms with van der Waals surface area (Å²) >= 11 is 0. The van der Waals surface area contributed by atoms with Crippen LogP contribution in [0.15, 0.2) is 36.5 Å². The van der Waals surface area contributed by atoms with Crippen LogP contribution in [0.1, 0.15) is 11.6 Å². The van der Waals surface area contributed by atoms with Gasteiger partial charge in [0.05, 0.1) is 11.6 Å². The lowest BCUT2D eigenvalue weighted by atomic mass is 9.96. The molecule has 2 aromatic rings. The molecule has 0 spiro atoms. The van der Waals surface area contributed by atoms with Gasteiger partial charge in [0.25, 0.3) is 0 Å². The molecule has 3 rings (SSSR count). The Labute approximate surface area is 126 Å². The molecule has 2 unspecified atom stereocenters. The second-order valence-electron chi connectivity index (χ2n) is 6.04. The molecule has 1 fully saturated rings. The topological polar surface area (TPSA) is 31.4 Å². The van der Waals surface area contributed by atoms with Crippen LogP contribution in [-0.4, -0.2) is 61.6 Å². The lowest BCUT2D eigenvalue weighted by molar-refractivity contribution is 0.0897. The highest BCUT2D eigenvalue weighted by atomic mass is 15.3. The number of hydrogen-bond donors (Lipinski definition) is 1. The fraction of sp³-hybridized carbons (Fsp3) is 0.471. The first-order valence-electron chi connectivity index (χ1n) is 7.60. The van der Waals surface area contributed by atoms with E-state index < -0.39 is 0 Å². The predicted molar refractivity (Wildman–Crippen MR) is 87.5 cm³/mol. The van der Waals surface area contributed by atoms with Crippen molar-refractivity contribution in [1.29, 1.82) is 0 Å². The van der Waals surface area contributed by atoms with Gasteiger partial charge in [-0.2, -0.15) is 0 Å². The molecule has 1 aliphatic heterocycles. The lowest BCUT2D eigenvalue weighted by Gasteiger charge is -2.42. The summed E-state index contributed by atoms with van der Waals surface area (Å²) in [5, 5.41) is 4.71. The van der Waals surface area contributed by atoms with Crippen LogP contribution >= 0.6 is 0 Å². The molecule has 0 radical (unpaired) electrons. The second-order valence-corrected chi connectivity index (χ2v) is 6.04. The summed E-state index contributed by atoms with van der Waals surface area (Å²) < 4.78 is 0. The molecule has 4 heteroatoms. The molecule has 1 saturated heterocycles. The number of rotatable bonds is 3. The van der Waals surface area contributed by atoms with E-state index in [1.807, 2.05) is 19.3 Å². The Morgan fingerprint density at radius 2 is 2.05 bits per heavy atom. The van der Waals surface area contributed by atoms with Crippen LogP contribution in [0.25, 0.3) is 10.9 Å². The third kappa shape index (κ3) is 2.93. The molecule has 0 aliphatic carbocycles. The first-order chi connectivity index (χ1) is 10.2. The van der Waals surface area contributed by atoms with Crippen LogP contribution in [0.4, 0.5) is 0 Å². The van der Waals surface area contributed by atoms with Gasteiger partial charge in [-0.25, -0.2) is 0 Å². The number of para-hydroxylation sites is 1. The van der Waals surface area contributed by atoms with Crippen molar-refractivity contribution in [2.75, 3.05) is 40.8 Å². The van der Waals surface area contributed by atoms with E-state index in [1.54, 1.807) is 0 Å². The molecule has 0 bridgehead atoms. The zero-order valence-corrected chi connectivity index (χ0v) is 13.1. The first-order valence-corrected chi connectivity index (χ1v) is 7.60.